The maximum Gasteiger partial charge on any atom is 0.255 e. The number of amides is 1. The quantitative estimate of drug-likeness (QED) is 0.325. The van der Waals surface area contributed by atoms with Crippen molar-refractivity contribution in [2.24, 2.45) is 0 Å². The van der Waals surface area contributed by atoms with Gasteiger partial charge in [0.25, 0.3) is 5.91 Å². The van der Waals surface area contributed by atoms with Gasteiger partial charge >= 0.3 is 0 Å². The average molecular weight is 450 g/mol. The number of hydrogen-bond donors (Lipinski definition) is 2. The van der Waals surface area contributed by atoms with E-state index in [1.807, 2.05) is 43.3 Å². The van der Waals surface area contributed by atoms with E-state index in [-0.39, 0.29) is 5.91 Å². The van der Waals surface area contributed by atoms with Crippen molar-refractivity contribution >= 4 is 50.8 Å². The van der Waals surface area contributed by atoms with Crippen molar-refractivity contribution in [1.29, 1.82) is 0 Å². The van der Waals surface area contributed by atoms with E-state index in [1.54, 1.807) is 24.5 Å². The Morgan fingerprint density at radius 2 is 1.81 bits per heavy atom. The van der Waals surface area contributed by atoms with Gasteiger partial charge in [-0.15, -0.1) is 11.3 Å². The van der Waals surface area contributed by atoms with Crippen LogP contribution in [0.5, 0.6) is 5.75 Å². The van der Waals surface area contributed by atoms with Crippen molar-refractivity contribution in [3.63, 3.8) is 0 Å². The van der Waals surface area contributed by atoms with Crippen molar-refractivity contribution < 1.29 is 9.53 Å². The summed E-state index contributed by atoms with van der Waals surface area (Å²) in [5.41, 5.74) is 5.65. The molecule has 0 saturated heterocycles. The first-order chi connectivity index (χ1) is 14.9. The molecule has 158 valence electrons. The predicted molar refractivity (Wildman–Crippen MR) is 131 cm³/mol. The number of benzene rings is 3. The number of rotatable bonds is 6. The lowest BCUT2D eigenvalue weighted by atomic mass is 10.1. The van der Waals surface area contributed by atoms with Crippen LogP contribution in [0.1, 0.15) is 26.5 Å². The number of anilines is 2. The fourth-order valence-corrected chi connectivity index (χ4v) is 5.14. The summed E-state index contributed by atoms with van der Waals surface area (Å²) < 4.78 is 9.94. The maximum atomic E-state index is 12.8. The van der Waals surface area contributed by atoms with Crippen LogP contribution in [0.2, 0.25) is 0 Å². The summed E-state index contributed by atoms with van der Waals surface area (Å²) in [7, 11) is 1.64. The Morgan fingerprint density at radius 1 is 1.03 bits per heavy atom. The van der Waals surface area contributed by atoms with Gasteiger partial charge in [-0.1, -0.05) is 18.2 Å². The molecule has 2 N–H and O–H groups in total. The van der Waals surface area contributed by atoms with Crippen molar-refractivity contribution in [1.82, 2.24) is 4.98 Å². The molecule has 0 aliphatic heterocycles. The summed E-state index contributed by atoms with van der Waals surface area (Å²) in [5, 5.41) is 3.98. The van der Waals surface area contributed by atoms with Crippen LogP contribution in [-0.2, 0) is 0 Å². The molecule has 0 bridgehead atoms. The smallest absolute Gasteiger partial charge is 0.255 e. The third-order valence-corrected chi connectivity index (χ3v) is 6.70. The number of carbonyl (C=O) groups excluding carboxylic acids is 1. The second-order valence-corrected chi connectivity index (χ2v) is 9.29. The molecule has 0 radical (unpaired) electrons. The molecule has 0 atom stereocenters. The molecule has 1 amide bonds. The summed E-state index contributed by atoms with van der Waals surface area (Å²) in [6.45, 7) is 6.11. The van der Waals surface area contributed by atoms with E-state index >= 15 is 0 Å². The number of nitrogens with one attached hydrogen (secondary N) is 2. The highest BCUT2D eigenvalue weighted by atomic mass is 32.2. The number of hydrogen-bond acceptors (Lipinski definition) is 6. The van der Waals surface area contributed by atoms with E-state index in [1.165, 1.54) is 23.1 Å². The highest BCUT2D eigenvalue weighted by molar-refractivity contribution is 8.00. The molecule has 1 heterocycles. The minimum atomic E-state index is -0.156. The van der Waals surface area contributed by atoms with Crippen molar-refractivity contribution in [2.45, 2.75) is 25.7 Å². The predicted octanol–water partition coefficient (Wildman–Crippen LogP) is 6.60. The molecule has 3 aromatic carbocycles. The van der Waals surface area contributed by atoms with Crippen molar-refractivity contribution in [3.05, 3.63) is 76.3 Å². The first kappa shape index (κ1) is 21.2. The zero-order chi connectivity index (χ0) is 22.0. The molecule has 7 heteroatoms. The van der Waals surface area contributed by atoms with Crippen molar-refractivity contribution in [2.75, 3.05) is 17.1 Å². The molecule has 0 spiro atoms. The Kier molecular flexibility index (Phi) is 6.15. The number of nitrogens with zero attached hydrogens (tertiary/aromatic N) is 1. The second kappa shape index (κ2) is 8.99. The van der Waals surface area contributed by atoms with Gasteiger partial charge in [-0.3, -0.25) is 4.79 Å². The molecule has 5 nitrogen and oxygen atoms in total. The van der Waals surface area contributed by atoms with Crippen LogP contribution in [0.25, 0.3) is 10.2 Å². The third-order valence-electron chi connectivity index (χ3n) is 4.92. The van der Waals surface area contributed by atoms with Crippen LogP contribution in [0, 0.1) is 20.8 Å². The number of aryl methyl sites for hydroxylation is 3. The lowest BCUT2D eigenvalue weighted by Crippen LogP contribution is -2.11. The molecular weight excluding hydrogens is 426 g/mol. The maximum absolute atomic E-state index is 12.8. The zero-order valence-electron chi connectivity index (χ0n) is 17.8. The van der Waals surface area contributed by atoms with Gasteiger partial charge < -0.3 is 14.8 Å². The molecule has 31 heavy (non-hydrogen) atoms. The number of thiazole rings is 1. The van der Waals surface area contributed by atoms with E-state index in [0.717, 1.165) is 31.6 Å². The Balaban J connectivity index is 1.54. The van der Waals surface area contributed by atoms with E-state index in [4.69, 9.17) is 4.74 Å². The normalized spacial score (nSPS) is 10.8. The number of ether oxygens (including phenoxy) is 1. The van der Waals surface area contributed by atoms with Crippen molar-refractivity contribution in [3.8, 4) is 5.75 Å². The van der Waals surface area contributed by atoms with Crippen LogP contribution >= 0.6 is 23.3 Å². The van der Waals surface area contributed by atoms with Gasteiger partial charge in [0.2, 0.25) is 0 Å². The Hall–Kier alpha value is -3.03. The standard InChI is InChI=1S/C24H23N3O2S2/c1-14-6-5-7-15(2)23(14)27-31-22-13-18(9-11-20(22)29-4)26-24(28)17-8-10-19-21(12-17)30-16(3)25-19/h5-13,27H,1-4H3,(H,26,28). The molecule has 4 rings (SSSR count). The monoisotopic (exact) mass is 449 g/mol. The van der Waals surface area contributed by atoms with Crippen LogP contribution in [0.4, 0.5) is 11.4 Å². The molecular formula is C24H23N3O2S2. The van der Waals surface area contributed by atoms with Gasteiger partial charge in [0.1, 0.15) is 5.75 Å². The van der Waals surface area contributed by atoms with E-state index in [2.05, 4.69) is 41.0 Å². The first-order valence-electron chi connectivity index (χ1n) is 9.80. The van der Waals surface area contributed by atoms with Crippen LogP contribution in [-0.4, -0.2) is 18.0 Å². The number of carbonyl (C=O) groups is 1. The second-order valence-electron chi connectivity index (χ2n) is 7.21. The van der Waals surface area contributed by atoms with Gasteiger partial charge in [0, 0.05) is 11.3 Å². The summed E-state index contributed by atoms with van der Waals surface area (Å²) in [6, 6.07) is 17.4. The summed E-state index contributed by atoms with van der Waals surface area (Å²) in [5.74, 6) is 0.583. The van der Waals surface area contributed by atoms with Crippen LogP contribution in [0.15, 0.2) is 59.5 Å². The van der Waals surface area contributed by atoms with E-state index in [9.17, 15) is 4.79 Å². The molecule has 0 aliphatic carbocycles. The van der Waals surface area contributed by atoms with Gasteiger partial charge in [0.05, 0.1) is 32.9 Å². The molecule has 0 aliphatic rings. The zero-order valence-corrected chi connectivity index (χ0v) is 19.4. The number of fused-ring (bicyclic) bond motifs is 1. The fourth-order valence-electron chi connectivity index (χ4n) is 3.30. The van der Waals surface area contributed by atoms with Crippen LogP contribution < -0.4 is 14.8 Å². The van der Waals surface area contributed by atoms with E-state index in [0.29, 0.717) is 11.3 Å². The first-order valence-corrected chi connectivity index (χ1v) is 11.4. The minimum Gasteiger partial charge on any atom is -0.496 e. The molecule has 1 aromatic heterocycles. The lowest BCUT2D eigenvalue weighted by Gasteiger charge is -2.15. The Morgan fingerprint density at radius 3 is 2.55 bits per heavy atom. The van der Waals surface area contributed by atoms with E-state index < -0.39 is 0 Å². The molecule has 4 aromatic rings. The summed E-state index contributed by atoms with van der Waals surface area (Å²) in [6.07, 6.45) is 0. The van der Waals surface area contributed by atoms with Gasteiger partial charge in [-0.2, -0.15) is 0 Å². The Labute approximate surface area is 190 Å². The average Bonchev–Trinajstić information content (AvgIpc) is 3.12. The summed E-state index contributed by atoms with van der Waals surface area (Å²) >= 11 is 3.05. The number of methoxy groups -OCH3 is 1. The fraction of sp³-hybridized carbons (Fsp3) is 0.167. The van der Waals surface area contributed by atoms with Gasteiger partial charge in [-0.25, -0.2) is 4.98 Å². The topological polar surface area (TPSA) is 63.2 Å². The van der Waals surface area contributed by atoms with Crippen LogP contribution in [0.3, 0.4) is 0 Å². The molecule has 0 fully saturated rings. The lowest BCUT2D eigenvalue weighted by molar-refractivity contribution is 0.102. The highest BCUT2D eigenvalue weighted by Crippen LogP contribution is 2.34. The highest BCUT2D eigenvalue weighted by Gasteiger charge is 2.12. The molecule has 0 unspecified atom stereocenters. The van der Waals surface area contributed by atoms with Gasteiger partial charge in [-0.05, 0) is 80.2 Å². The largest absolute Gasteiger partial charge is 0.496 e. The minimum absolute atomic E-state index is 0.156. The number of para-hydroxylation sites is 1. The SMILES string of the molecule is COc1ccc(NC(=O)c2ccc3nc(C)sc3c2)cc1SNc1c(C)cccc1C. The third kappa shape index (κ3) is 4.68. The molecule has 0 saturated carbocycles. The number of aromatic nitrogens is 1. The Bertz CT molecular complexity index is 1250. The summed E-state index contributed by atoms with van der Waals surface area (Å²) in [4.78, 5) is 18.2. The van der Waals surface area contributed by atoms with Gasteiger partial charge in [0.15, 0.2) is 0 Å².